The van der Waals surface area contributed by atoms with E-state index in [0.29, 0.717) is 12.3 Å². The molecule has 2 rings (SSSR count). The van der Waals surface area contributed by atoms with E-state index in [1.54, 1.807) is 0 Å². The molecule has 1 aliphatic rings. The van der Waals surface area contributed by atoms with Crippen LogP contribution >= 0.6 is 0 Å². The van der Waals surface area contributed by atoms with Gasteiger partial charge in [-0.1, -0.05) is 39.0 Å². The van der Waals surface area contributed by atoms with Gasteiger partial charge in [0.25, 0.3) is 0 Å². The summed E-state index contributed by atoms with van der Waals surface area (Å²) in [5.41, 5.74) is 1.06. The number of hydrogen-bond acceptors (Lipinski definition) is 3. The third kappa shape index (κ3) is 3.80. The first kappa shape index (κ1) is 14.1. The number of anilines is 1. The number of rotatable bonds is 3. The summed E-state index contributed by atoms with van der Waals surface area (Å²) in [6.07, 6.45) is 0. The Morgan fingerprint density at radius 1 is 1.05 bits per heavy atom. The van der Waals surface area contributed by atoms with Crippen molar-refractivity contribution in [1.82, 2.24) is 4.90 Å². The first-order chi connectivity index (χ1) is 8.97. The van der Waals surface area contributed by atoms with E-state index in [0.717, 1.165) is 26.2 Å². The number of ketones is 1. The SMILES string of the molecule is CC(C)(C)C(=O)CN1CCN(c2ccccc2)CC1. The van der Waals surface area contributed by atoms with Gasteiger partial charge in [0.05, 0.1) is 6.54 Å². The molecule has 0 aromatic heterocycles. The molecular weight excluding hydrogens is 236 g/mol. The van der Waals surface area contributed by atoms with E-state index < -0.39 is 0 Å². The highest BCUT2D eigenvalue weighted by Gasteiger charge is 2.25. The molecule has 1 saturated heterocycles. The molecule has 0 saturated carbocycles. The lowest BCUT2D eigenvalue weighted by Crippen LogP contribution is -2.49. The van der Waals surface area contributed by atoms with Gasteiger partial charge in [-0.2, -0.15) is 0 Å². The second-order valence-corrected chi connectivity index (χ2v) is 6.27. The Morgan fingerprint density at radius 2 is 1.63 bits per heavy atom. The van der Waals surface area contributed by atoms with E-state index in [2.05, 4.69) is 34.1 Å². The fraction of sp³-hybridized carbons (Fsp3) is 0.562. The van der Waals surface area contributed by atoms with Gasteiger partial charge < -0.3 is 4.90 Å². The zero-order chi connectivity index (χ0) is 13.9. The van der Waals surface area contributed by atoms with Crippen LogP contribution in [0.2, 0.25) is 0 Å². The molecule has 3 nitrogen and oxygen atoms in total. The number of nitrogens with zero attached hydrogens (tertiary/aromatic N) is 2. The van der Waals surface area contributed by atoms with E-state index in [1.165, 1.54) is 5.69 Å². The van der Waals surface area contributed by atoms with E-state index >= 15 is 0 Å². The summed E-state index contributed by atoms with van der Waals surface area (Å²) in [7, 11) is 0. The Balaban J connectivity index is 1.85. The minimum absolute atomic E-state index is 0.226. The van der Waals surface area contributed by atoms with Gasteiger partial charge in [-0.05, 0) is 12.1 Å². The zero-order valence-corrected chi connectivity index (χ0v) is 12.2. The number of benzene rings is 1. The van der Waals surface area contributed by atoms with E-state index in [-0.39, 0.29) is 5.41 Å². The molecule has 0 spiro atoms. The van der Waals surface area contributed by atoms with Crippen molar-refractivity contribution in [3.8, 4) is 0 Å². The Bertz CT molecular complexity index is 414. The van der Waals surface area contributed by atoms with Gasteiger partial charge in [-0.3, -0.25) is 9.69 Å². The second kappa shape index (κ2) is 5.74. The maximum Gasteiger partial charge on any atom is 0.152 e. The van der Waals surface area contributed by atoms with Crippen LogP contribution in [0.25, 0.3) is 0 Å². The smallest absolute Gasteiger partial charge is 0.152 e. The van der Waals surface area contributed by atoms with Gasteiger partial charge in [0.15, 0.2) is 5.78 Å². The molecule has 0 radical (unpaired) electrons. The maximum atomic E-state index is 12.0. The average Bonchev–Trinajstić information content (AvgIpc) is 2.39. The van der Waals surface area contributed by atoms with Crippen LogP contribution in [0.3, 0.4) is 0 Å². The summed E-state index contributed by atoms with van der Waals surface area (Å²) in [5.74, 6) is 0.334. The largest absolute Gasteiger partial charge is 0.369 e. The van der Waals surface area contributed by atoms with Crippen LogP contribution in [0.5, 0.6) is 0 Å². The molecule has 0 bridgehead atoms. The van der Waals surface area contributed by atoms with Crippen molar-refractivity contribution in [3.05, 3.63) is 30.3 Å². The van der Waals surface area contributed by atoms with Crippen molar-refractivity contribution >= 4 is 11.5 Å². The lowest BCUT2D eigenvalue weighted by Gasteiger charge is -2.36. The minimum Gasteiger partial charge on any atom is -0.369 e. The summed E-state index contributed by atoms with van der Waals surface area (Å²) in [6, 6.07) is 10.5. The lowest BCUT2D eigenvalue weighted by molar-refractivity contribution is -0.127. The zero-order valence-electron chi connectivity index (χ0n) is 12.2. The fourth-order valence-corrected chi connectivity index (χ4v) is 2.24. The fourth-order valence-electron chi connectivity index (χ4n) is 2.24. The Labute approximate surface area is 116 Å². The van der Waals surface area contributed by atoms with Crippen molar-refractivity contribution in [2.45, 2.75) is 20.8 Å². The normalized spacial score (nSPS) is 17.5. The molecule has 104 valence electrons. The predicted molar refractivity (Wildman–Crippen MR) is 79.6 cm³/mol. The van der Waals surface area contributed by atoms with Gasteiger partial charge >= 0.3 is 0 Å². The molecule has 0 N–H and O–H groups in total. The minimum atomic E-state index is -0.226. The summed E-state index contributed by atoms with van der Waals surface area (Å²) < 4.78 is 0. The third-order valence-corrected chi connectivity index (χ3v) is 3.70. The molecule has 1 heterocycles. The van der Waals surface area contributed by atoms with Gasteiger partial charge in [0.2, 0.25) is 0 Å². The number of carbonyl (C=O) groups excluding carboxylic acids is 1. The van der Waals surface area contributed by atoms with Crippen molar-refractivity contribution in [1.29, 1.82) is 0 Å². The maximum absolute atomic E-state index is 12.0. The number of para-hydroxylation sites is 1. The van der Waals surface area contributed by atoms with Gasteiger partial charge in [0.1, 0.15) is 0 Å². The van der Waals surface area contributed by atoms with Crippen LogP contribution in [0.1, 0.15) is 20.8 Å². The molecule has 1 aromatic carbocycles. The lowest BCUT2D eigenvalue weighted by atomic mass is 9.90. The summed E-state index contributed by atoms with van der Waals surface area (Å²) >= 11 is 0. The summed E-state index contributed by atoms with van der Waals surface area (Å²) in [4.78, 5) is 16.7. The van der Waals surface area contributed by atoms with Crippen LogP contribution < -0.4 is 4.90 Å². The van der Waals surface area contributed by atoms with E-state index in [4.69, 9.17) is 0 Å². The van der Waals surface area contributed by atoms with Crippen LogP contribution in [0.4, 0.5) is 5.69 Å². The van der Waals surface area contributed by atoms with Crippen LogP contribution in [-0.2, 0) is 4.79 Å². The molecule has 1 aromatic rings. The van der Waals surface area contributed by atoms with Crippen LogP contribution in [0, 0.1) is 5.41 Å². The first-order valence-electron chi connectivity index (χ1n) is 7.02. The van der Waals surface area contributed by atoms with Crippen molar-refractivity contribution < 1.29 is 4.79 Å². The molecule has 0 atom stereocenters. The molecule has 0 amide bonds. The highest BCUT2D eigenvalue weighted by molar-refractivity contribution is 5.85. The average molecular weight is 260 g/mol. The highest BCUT2D eigenvalue weighted by atomic mass is 16.1. The van der Waals surface area contributed by atoms with E-state index in [9.17, 15) is 4.79 Å². The first-order valence-corrected chi connectivity index (χ1v) is 7.02. The molecule has 1 fully saturated rings. The van der Waals surface area contributed by atoms with Gasteiger partial charge in [-0.15, -0.1) is 0 Å². The summed E-state index contributed by atoms with van der Waals surface area (Å²) in [5, 5.41) is 0. The predicted octanol–water partition coefficient (Wildman–Crippen LogP) is 2.42. The van der Waals surface area contributed by atoms with Crippen molar-refractivity contribution in [2.24, 2.45) is 5.41 Å². The van der Waals surface area contributed by atoms with E-state index in [1.807, 2.05) is 26.8 Å². The van der Waals surface area contributed by atoms with Crippen molar-refractivity contribution in [3.63, 3.8) is 0 Å². The Morgan fingerprint density at radius 3 is 2.16 bits per heavy atom. The molecule has 19 heavy (non-hydrogen) atoms. The number of hydrogen-bond donors (Lipinski definition) is 0. The highest BCUT2D eigenvalue weighted by Crippen LogP contribution is 2.18. The standard InChI is InChI=1S/C16H24N2O/c1-16(2,3)15(19)13-17-9-11-18(12-10-17)14-7-5-4-6-8-14/h4-8H,9-13H2,1-3H3. The Kier molecular flexibility index (Phi) is 4.25. The molecule has 3 heteroatoms. The van der Waals surface area contributed by atoms with Crippen LogP contribution in [0.15, 0.2) is 30.3 Å². The quantitative estimate of drug-likeness (QED) is 0.834. The second-order valence-electron chi connectivity index (χ2n) is 6.27. The van der Waals surface area contributed by atoms with Crippen molar-refractivity contribution in [2.75, 3.05) is 37.6 Å². The Hall–Kier alpha value is -1.35. The number of piperazine rings is 1. The molecular formula is C16H24N2O. The third-order valence-electron chi connectivity index (χ3n) is 3.70. The topological polar surface area (TPSA) is 23.6 Å². The molecule has 0 unspecified atom stereocenters. The molecule has 1 aliphatic heterocycles. The van der Waals surface area contributed by atoms with Gasteiger partial charge in [-0.25, -0.2) is 0 Å². The van der Waals surface area contributed by atoms with Gasteiger partial charge in [0, 0.05) is 37.3 Å². The number of Topliss-reactive ketones (excluding diaryl/α,β-unsaturated/α-hetero) is 1. The summed E-state index contributed by atoms with van der Waals surface area (Å²) in [6.45, 7) is 10.5. The van der Waals surface area contributed by atoms with Crippen LogP contribution in [-0.4, -0.2) is 43.4 Å². The molecule has 0 aliphatic carbocycles. The monoisotopic (exact) mass is 260 g/mol. The number of carbonyl (C=O) groups is 1.